The number of hydrogen-bond donors (Lipinski definition) is 1. The summed E-state index contributed by atoms with van der Waals surface area (Å²) in [5, 5.41) is 1.07. The Hall–Kier alpha value is -1.74. The molecular formula is C12H10FNO. The highest BCUT2D eigenvalue weighted by atomic mass is 19.1. The Morgan fingerprint density at radius 1 is 1.13 bits per heavy atom. The lowest BCUT2D eigenvalue weighted by Gasteiger charge is -2.04. The third kappa shape index (κ3) is 1.62. The van der Waals surface area contributed by atoms with E-state index in [2.05, 4.69) is 0 Å². The van der Waals surface area contributed by atoms with Crippen LogP contribution in [0.3, 0.4) is 0 Å². The molecule has 2 rings (SSSR count). The summed E-state index contributed by atoms with van der Waals surface area (Å²) in [6.45, 7) is -0.0599. The van der Waals surface area contributed by atoms with E-state index in [0.717, 1.165) is 0 Å². The molecule has 0 aliphatic heterocycles. The van der Waals surface area contributed by atoms with Gasteiger partial charge in [-0.1, -0.05) is 24.3 Å². The summed E-state index contributed by atoms with van der Waals surface area (Å²) in [6.07, 6.45) is 0. The van der Waals surface area contributed by atoms with E-state index < -0.39 is 0 Å². The first kappa shape index (κ1) is 9.80. The van der Waals surface area contributed by atoms with Gasteiger partial charge in [0.2, 0.25) is 0 Å². The van der Waals surface area contributed by atoms with Crippen molar-refractivity contribution in [2.24, 2.45) is 5.73 Å². The Bertz CT molecular complexity index is 522. The highest BCUT2D eigenvalue weighted by molar-refractivity contribution is 6.09. The number of carbonyl (C=O) groups is 1. The molecular weight excluding hydrogens is 193 g/mol. The predicted octanol–water partition coefficient (Wildman–Crippen LogP) is 2.12. The lowest BCUT2D eigenvalue weighted by molar-refractivity contribution is 0.100. The summed E-state index contributed by atoms with van der Waals surface area (Å²) in [7, 11) is 0. The summed E-state index contributed by atoms with van der Waals surface area (Å²) in [5.74, 6) is -0.495. The van der Waals surface area contributed by atoms with Crippen molar-refractivity contribution in [3.05, 3.63) is 47.8 Å². The first-order chi connectivity index (χ1) is 7.24. The van der Waals surface area contributed by atoms with E-state index in [-0.39, 0.29) is 18.1 Å². The number of fused-ring (bicyclic) bond motifs is 1. The molecule has 2 nitrogen and oxygen atoms in total. The molecule has 0 aliphatic carbocycles. The Morgan fingerprint density at radius 3 is 2.47 bits per heavy atom. The Kier molecular flexibility index (Phi) is 2.47. The van der Waals surface area contributed by atoms with Gasteiger partial charge < -0.3 is 5.73 Å². The Labute approximate surface area is 86.5 Å². The lowest BCUT2D eigenvalue weighted by Crippen LogP contribution is -2.14. The van der Waals surface area contributed by atoms with E-state index in [0.29, 0.717) is 16.3 Å². The second-order valence-electron chi connectivity index (χ2n) is 3.27. The van der Waals surface area contributed by atoms with Gasteiger partial charge in [0.25, 0.3) is 0 Å². The first-order valence-corrected chi connectivity index (χ1v) is 4.64. The molecule has 0 aromatic heterocycles. The molecule has 0 saturated heterocycles. The van der Waals surface area contributed by atoms with Crippen LogP contribution in [-0.2, 0) is 0 Å². The molecule has 2 N–H and O–H groups in total. The van der Waals surface area contributed by atoms with Crippen molar-refractivity contribution >= 4 is 16.6 Å². The number of halogens is 1. The quantitative estimate of drug-likeness (QED) is 0.760. The maximum Gasteiger partial charge on any atom is 0.177 e. The highest BCUT2D eigenvalue weighted by Gasteiger charge is 2.10. The van der Waals surface area contributed by atoms with Crippen molar-refractivity contribution in [3.8, 4) is 0 Å². The van der Waals surface area contributed by atoms with E-state index in [9.17, 15) is 9.18 Å². The SMILES string of the molecule is NCC(=O)c1ccc(F)c2ccccc12. The van der Waals surface area contributed by atoms with E-state index >= 15 is 0 Å². The highest BCUT2D eigenvalue weighted by Crippen LogP contribution is 2.21. The van der Waals surface area contributed by atoms with Crippen LogP contribution in [0.2, 0.25) is 0 Å². The number of hydrogen-bond acceptors (Lipinski definition) is 2. The Morgan fingerprint density at radius 2 is 1.80 bits per heavy atom. The number of nitrogens with two attached hydrogens (primary N) is 1. The third-order valence-electron chi connectivity index (χ3n) is 2.36. The molecule has 0 saturated carbocycles. The fraction of sp³-hybridized carbons (Fsp3) is 0.0833. The van der Waals surface area contributed by atoms with E-state index in [1.807, 2.05) is 0 Å². The van der Waals surface area contributed by atoms with Crippen molar-refractivity contribution in [1.82, 2.24) is 0 Å². The Balaban J connectivity index is 2.77. The number of Topliss-reactive ketones (excluding diaryl/α,β-unsaturated/α-hetero) is 1. The molecule has 0 atom stereocenters. The van der Waals surface area contributed by atoms with Crippen molar-refractivity contribution in [1.29, 1.82) is 0 Å². The summed E-state index contributed by atoms with van der Waals surface area (Å²) in [6, 6.07) is 9.66. The molecule has 0 heterocycles. The van der Waals surface area contributed by atoms with Gasteiger partial charge in [-0.2, -0.15) is 0 Å². The zero-order valence-electron chi connectivity index (χ0n) is 8.03. The molecule has 76 valence electrons. The van der Waals surface area contributed by atoms with E-state index in [1.54, 1.807) is 24.3 Å². The summed E-state index contributed by atoms with van der Waals surface area (Å²) >= 11 is 0. The van der Waals surface area contributed by atoms with Crippen LogP contribution in [0, 0.1) is 5.82 Å². The van der Waals surface area contributed by atoms with Crippen molar-refractivity contribution in [2.45, 2.75) is 0 Å². The van der Waals surface area contributed by atoms with Gasteiger partial charge in [-0.15, -0.1) is 0 Å². The molecule has 3 heteroatoms. The molecule has 0 radical (unpaired) electrons. The van der Waals surface area contributed by atoms with Gasteiger partial charge in [0.15, 0.2) is 5.78 Å². The topological polar surface area (TPSA) is 43.1 Å². The molecule has 2 aromatic rings. The smallest absolute Gasteiger partial charge is 0.177 e. The molecule has 0 spiro atoms. The number of rotatable bonds is 2. The van der Waals surface area contributed by atoms with E-state index in [4.69, 9.17) is 5.73 Å². The van der Waals surface area contributed by atoms with E-state index in [1.165, 1.54) is 12.1 Å². The maximum atomic E-state index is 13.4. The molecule has 0 aliphatic rings. The molecule has 0 amide bonds. The number of ketones is 1. The van der Waals surface area contributed by atoms with Gasteiger partial charge in [-0.25, -0.2) is 4.39 Å². The average molecular weight is 203 g/mol. The fourth-order valence-corrected chi connectivity index (χ4v) is 1.62. The van der Waals surface area contributed by atoms with Crippen LogP contribution in [0.1, 0.15) is 10.4 Å². The second-order valence-corrected chi connectivity index (χ2v) is 3.27. The first-order valence-electron chi connectivity index (χ1n) is 4.64. The van der Waals surface area contributed by atoms with Gasteiger partial charge in [0.05, 0.1) is 6.54 Å². The number of benzene rings is 2. The monoisotopic (exact) mass is 203 g/mol. The van der Waals surface area contributed by atoms with Gasteiger partial charge in [-0.3, -0.25) is 4.79 Å². The minimum atomic E-state index is -0.320. The van der Waals surface area contributed by atoms with Crippen molar-refractivity contribution < 1.29 is 9.18 Å². The summed E-state index contributed by atoms with van der Waals surface area (Å²) in [4.78, 5) is 11.5. The molecule has 0 unspecified atom stereocenters. The van der Waals surface area contributed by atoms with Crippen LogP contribution >= 0.6 is 0 Å². The summed E-state index contributed by atoms with van der Waals surface area (Å²) in [5.41, 5.74) is 5.77. The predicted molar refractivity (Wildman–Crippen MR) is 57.3 cm³/mol. The van der Waals surface area contributed by atoms with Crippen LogP contribution in [0.5, 0.6) is 0 Å². The maximum absolute atomic E-state index is 13.4. The molecule has 2 aromatic carbocycles. The minimum Gasteiger partial charge on any atom is -0.324 e. The van der Waals surface area contributed by atoms with Crippen molar-refractivity contribution in [2.75, 3.05) is 6.54 Å². The zero-order chi connectivity index (χ0) is 10.8. The fourth-order valence-electron chi connectivity index (χ4n) is 1.62. The lowest BCUT2D eigenvalue weighted by atomic mass is 10.0. The van der Waals surface area contributed by atoms with Crippen LogP contribution < -0.4 is 5.73 Å². The van der Waals surface area contributed by atoms with Gasteiger partial charge in [-0.05, 0) is 17.5 Å². The number of carbonyl (C=O) groups excluding carboxylic acids is 1. The third-order valence-corrected chi connectivity index (χ3v) is 2.36. The van der Waals surface area contributed by atoms with Crippen LogP contribution in [0.4, 0.5) is 4.39 Å². The van der Waals surface area contributed by atoms with Gasteiger partial charge in [0.1, 0.15) is 5.82 Å². The van der Waals surface area contributed by atoms with Crippen LogP contribution in [0.25, 0.3) is 10.8 Å². The van der Waals surface area contributed by atoms with Gasteiger partial charge in [0, 0.05) is 10.9 Å². The standard InChI is InChI=1S/C12H10FNO/c13-11-6-5-10(12(15)7-14)8-3-1-2-4-9(8)11/h1-6H,7,14H2. The van der Waals surface area contributed by atoms with Crippen LogP contribution in [-0.4, -0.2) is 12.3 Å². The normalized spacial score (nSPS) is 10.5. The largest absolute Gasteiger partial charge is 0.324 e. The molecule has 0 bridgehead atoms. The van der Waals surface area contributed by atoms with Crippen molar-refractivity contribution in [3.63, 3.8) is 0 Å². The average Bonchev–Trinajstić information content (AvgIpc) is 2.29. The zero-order valence-corrected chi connectivity index (χ0v) is 8.03. The second kappa shape index (κ2) is 3.79. The molecule has 0 fully saturated rings. The minimum absolute atomic E-state index is 0.0599. The van der Waals surface area contributed by atoms with Crippen LogP contribution in [0.15, 0.2) is 36.4 Å². The summed E-state index contributed by atoms with van der Waals surface area (Å²) < 4.78 is 13.4. The van der Waals surface area contributed by atoms with Gasteiger partial charge >= 0.3 is 0 Å². The molecule has 15 heavy (non-hydrogen) atoms.